The molecule has 0 spiro atoms. The van der Waals surface area contributed by atoms with Crippen LogP contribution in [-0.4, -0.2) is 5.78 Å². The summed E-state index contributed by atoms with van der Waals surface area (Å²) in [5.74, 6) is 0.351. The number of hydrogen-bond acceptors (Lipinski definition) is 1. The van der Waals surface area contributed by atoms with Crippen LogP contribution in [-0.2, 0) is 0 Å². The van der Waals surface area contributed by atoms with Gasteiger partial charge in [-0.2, -0.15) is 0 Å². The molecule has 0 aliphatic rings. The number of halogens is 2. The molecule has 0 N–H and O–H groups in total. The Kier molecular flexibility index (Phi) is 2.47. The molecular weight excluding hydrogens is 179 g/mol. The van der Waals surface area contributed by atoms with Crippen molar-refractivity contribution in [3.05, 3.63) is 34.6 Å². The van der Waals surface area contributed by atoms with Crippen molar-refractivity contribution < 1.29 is 9.18 Å². The molecule has 0 fully saturated rings. The Balaban J connectivity index is 3.28. The van der Waals surface area contributed by atoms with E-state index in [1.165, 1.54) is 18.2 Å². The van der Waals surface area contributed by atoms with E-state index in [1.807, 2.05) is 5.92 Å². The first-order chi connectivity index (χ1) is 5.66. The van der Waals surface area contributed by atoms with Gasteiger partial charge in [-0.3, -0.25) is 4.79 Å². The fourth-order valence-corrected chi connectivity index (χ4v) is 0.931. The third kappa shape index (κ3) is 1.46. The summed E-state index contributed by atoms with van der Waals surface area (Å²) in [7, 11) is 0. The molecule has 1 aromatic rings. The van der Waals surface area contributed by atoms with Crippen molar-refractivity contribution in [1.29, 1.82) is 0 Å². The van der Waals surface area contributed by atoms with Crippen molar-refractivity contribution in [2.45, 2.75) is 0 Å². The summed E-state index contributed by atoms with van der Waals surface area (Å²) in [6.07, 6.45) is 4.81. The first-order valence-corrected chi connectivity index (χ1v) is 3.49. The van der Waals surface area contributed by atoms with E-state index in [1.54, 1.807) is 0 Å². The second-order valence-corrected chi connectivity index (χ2v) is 2.48. The van der Waals surface area contributed by atoms with Gasteiger partial charge >= 0.3 is 0 Å². The summed E-state index contributed by atoms with van der Waals surface area (Å²) in [6, 6.07) is 4.11. The Morgan fingerprint density at radius 1 is 1.58 bits per heavy atom. The van der Waals surface area contributed by atoms with Crippen LogP contribution in [0.15, 0.2) is 18.2 Å². The predicted octanol–water partition coefficient (Wildman–Crippen LogP) is 2.29. The minimum Gasteiger partial charge on any atom is -0.279 e. The molecule has 0 atom stereocenters. The van der Waals surface area contributed by atoms with Crippen LogP contribution < -0.4 is 0 Å². The summed E-state index contributed by atoms with van der Waals surface area (Å²) in [5.41, 5.74) is -0.162. The van der Waals surface area contributed by atoms with Gasteiger partial charge in [0.1, 0.15) is 0 Å². The standard InChI is InChI=1S/C9H4ClFO/c1-2-8(12)6-4-3-5-7(10)9(6)11/h1,3-5H. The first kappa shape index (κ1) is 8.76. The molecule has 0 aliphatic carbocycles. The van der Waals surface area contributed by atoms with Crippen molar-refractivity contribution in [3.8, 4) is 12.3 Å². The molecule has 0 radical (unpaired) electrons. The van der Waals surface area contributed by atoms with E-state index in [-0.39, 0.29) is 10.6 Å². The van der Waals surface area contributed by atoms with E-state index in [0.717, 1.165) is 0 Å². The second kappa shape index (κ2) is 3.38. The number of carbonyl (C=O) groups excluding carboxylic acids is 1. The van der Waals surface area contributed by atoms with Crippen molar-refractivity contribution in [3.63, 3.8) is 0 Å². The lowest BCUT2D eigenvalue weighted by Gasteiger charge is -1.97. The van der Waals surface area contributed by atoms with Crippen molar-refractivity contribution >= 4 is 17.4 Å². The quantitative estimate of drug-likeness (QED) is 0.370. The molecule has 0 saturated carbocycles. The van der Waals surface area contributed by atoms with Gasteiger partial charge < -0.3 is 0 Å². The average Bonchev–Trinajstić information content (AvgIpc) is 2.08. The first-order valence-electron chi connectivity index (χ1n) is 3.11. The Morgan fingerprint density at radius 3 is 2.83 bits per heavy atom. The number of carbonyl (C=O) groups is 1. The Labute approximate surface area is 74.2 Å². The zero-order valence-electron chi connectivity index (χ0n) is 5.97. The lowest BCUT2D eigenvalue weighted by molar-refractivity contribution is 0.105. The van der Waals surface area contributed by atoms with Crippen LogP contribution in [0.5, 0.6) is 0 Å². The average molecular weight is 183 g/mol. The molecule has 1 aromatic carbocycles. The fraction of sp³-hybridized carbons (Fsp3) is 0. The van der Waals surface area contributed by atoms with Crippen molar-refractivity contribution in [2.24, 2.45) is 0 Å². The number of rotatable bonds is 1. The zero-order chi connectivity index (χ0) is 9.14. The summed E-state index contributed by atoms with van der Waals surface area (Å²) < 4.78 is 13.0. The van der Waals surface area contributed by atoms with Gasteiger partial charge in [-0.25, -0.2) is 4.39 Å². The molecule has 60 valence electrons. The predicted molar refractivity (Wildman–Crippen MR) is 44.6 cm³/mol. The highest BCUT2D eigenvalue weighted by Gasteiger charge is 2.10. The summed E-state index contributed by atoms with van der Waals surface area (Å²) in [6.45, 7) is 0. The highest BCUT2D eigenvalue weighted by molar-refractivity contribution is 6.31. The van der Waals surface area contributed by atoms with Crippen molar-refractivity contribution in [2.75, 3.05) is 0 Å². The van der Waals surface area contributed by atoms with E-state index in [0.29, 0.717) is 0 Å². The summed E-state index contributed by atoms with van der Waals surface area (Å²) in [5, 5.41) is -0.101. The van der Waals surface area contributed by atoms with Crippen molar-refractivity contribution in [1.82, 2.24) is 0 Å². The van der Waals surface area contributed by atoms with Gasteiger partial charge in [0.15, 0.2) is 5.82 Å². The molecule has 0 amide bonds. The maximum Gasteiger partial charge on any atom is 0.238 e. The maximum atomic E-state index is 13.0. The molecule has 0 unspecified atom stereocenters. The van der Waals surface area contributed by atoms with Gasteiger partial charge in [0.05, 0.1) is 10.6 Å². The SMILES string of the molecule is C#CC(=O)c1cccc(Cl)c1F. The molecule has 0 saturated heterocycles. The smallest absolute Gasteiger partial charge is 0.238 e. The highest BCUT2D eigenvalue weighted by atomic mass is 35.5. The lowest BCUT2D eigenvalue weighted by Crippen LogP contribution is -1.98. The van der Waals surface area contributed by atoms with Crippen LogP contribution in [0.25, 0.3) is 0 Å². The Hall–Kier alpha value is -1.33. The number of terminal acetylenes is 1. The molecule has 0 heterocycles. The summed E-state index contributed by atoms with van der Waals surface area (Å²) in [4.78, 5) is 10.9. The molecule has 0 aromatic heterocycles. The number of Topliss-reactive ketones (excluding diaryl/α,β-unsaturated/α-hetero) is 1. The van der Waals surface area contributed by atoms with Crippen LogP contribution in [0.2, 0.25) is 5.02 Å². The van der Waals surface area contributed by atoms with E-state index < -0.39 is 11.6 Å². The molecule has 12 heavy (non-hydrogen) atoms. The minimum atomic E-state index is -0.762. The summed E-state index contributed by atoms with van der Waals surface area (Å²) >= 11 is 5.42. The molecule has 1 rings (SSSR count). The third-order valence-corrected chi connectivity index (χ3v) is 1.62. The van der Waals surface area contributed by atoms with E-state index in [2.05, 4.69) is 0 Å². The largest absolute Gasteiger partial charge is 0.279 e. The lowest BCUT2D eigenvalue weighted by atomic mass is 10.1. The number of hydrogen-bond donors (Lipinski definition) is 0. The van der Waals surface area contributed by atoms with Crippen LogP contribution in [0.3, 0.4) is 0 Å². The zero-order valence-corrected chi connectivity index (χ0v) is 6.73. The molecule has 1 nitrogen and oxygen atoms in total. The van der Waals surface area contributed by atoms with Gasteiger partial charge in [0.2, 0.25) is 5.78 Å². The van der Waals surface area contributed by atoms with Gasteiger partial charge in [0.25, 0.3) is 0 Å². The topological polar surface area (TPSA) is 17.1 Å². The van der Waals surface area contributed by atoms with E-state index >= 15 is 0 Å². The van der Waals surface area contributed by atoms with Crippen LogP contribution >= 0.6 is 11.6 Å². The number of ketones is 1. The van der Waals surface area contributed by atoms with Gasteiger partial charge in [-0.1, -0.05) is 17.7 Å². The monoisotopic (exact) mass is 182 g/mol. The van der Waals surface area contributed by atoms with Crippen LogP contribution in [0, 0.1) is 18.2 Å². The van der Waals surface area contributed by atoms with E-state index in [4.69, 9.17) is 18.0 Å². The molecular formula is C9H4ClFO. The Bertz CT molecular complexity index is 365. The highest BCUT2D eigenvalue weighted by Crippen LogP contribution is 2.17. The maximum absolute atomic E-state index is 13.0. The van der Waals surface area contributed by atoms with Crippen LogP contribution in [0.4, 0.5) is 4.39 Å². The van der Waals surface area contributed by atoms with Crippen LogP contribution in [0.1, 0.15) is 10.4 Å². The Morgan fingerprint density at radius 2 is 2.25 bits per heavy atom. The van der Waals surface area contributed by atoms with Gasteiger partial charge in [-0.05, 0) is 18.1 Å². The molecule has 0 bridgehead atoms. The third-order valence-electron chi connectivity index (χ3n) is 1.33. The minimum absolute atomic E-state index is 0.101. The molecule has 0 aliphatic heterocycles. The normalized spacial score (nSPS) is 9.08. The van der Waals surface area contributed by atoms with Gasteiger partial charge in [-0.15, -0.1) is 6.42 Å². The number of benzene rings is 1. The fourth-order valence-electron chi connectivity index (χ4n) is 0.757. The van der Waals surface area contributed by atoms with Gasteiger partial charge in [0, 0.05) is 0 Å². The molecule has 3 heteroatoms. The second-order valence-electron chi connectivity index (χ2n) is 2.07. The van der Waals surface area contributed by atoms with E-state index in [9.17, 15) is 9.18 Å².